The van der Waals surface area contributed by atoms with Gasteiger partial charge in [0.05, 0.1) is 17.1 Å². The zero-order valence-corrected chi connectivity index (χ0v) is 18.8. The van der Waals surface area contributed by atoms with Crippen molar-refractivity contribution in [1.29, 1.82) is 0 Å². The quantitative estimate of drug-likeness (QED) is 0.561. The summed E-state index contributed by atoms with van der Waals surface area (Å²) in [6.45, 7) is 4.03. The summed E-state index contributed by atoms with van der Waals surface area (Å²) in [6.07, 6.45) is 3.72. The van der Waals surface area contributed by atoms with Crippen molar-refractivity contribution in [3.8, 4) is 5.75 Å². The van der Waals surface area contributed by atoms with Crippen LogP contribution in [0.15, 0.2) is 36.4 Å². The minimum absolute atomic E-state index is 0.0134. The number of fused-ring (bicyclic) bond motifs is 5. The number of H-pyrrole nitrogens is 1. The van der Waals surface area contributed by atoms with E-state index >= 15 is 0 Å². The second-order valence-electron chi connectivity index (χ2n) is 9.24. The van der Waals surface area contributed by atoms with E-state index in [1.165, 1.54) is 0 Å². The predicted molar refractivity (Wildman–Crippen MR) is 122 cm³/mol. The molecule has 7 heteroatoms. The Morgan fingerprint density at radius 3 is 2.91 bits per heavy atom. The number of halogens is 1. The maximum Gasteiger partial charge on any atom is 0.253 e. The maximum atomic E-state index is 13.3. The molecule has 3 aliphatic rings. The number of rotatable bonds is 1. The van der Waals surface area contributed by atoms with Crippen LogP contribution in [0.2, 0.25) is 5.02 Å². The summed E-state index contributed by atoms with van der Waals surface area (Å²) < 4.78 is 12.9. The smallest absolute Gasteiger partial charge is 0.253 e. The minimum atomic E-state index is -0.298. The van der Waals surface area contributed by atoms with Gasteiger partial charge in [-0.25, -0.2) is 4.98 Å². The van der Waals surface area contributed by atoms with Gasteiger partial charge < -0.3 is 19.4 Å². The Bertz CT molecular complexity index is 1200. The van der Waals surface area contributed by atoms with Crippen molar-refractivity contribution in [2.24, 2.45) is 5.92 Å². The van der Waals surface area contributed by atoms with E-state index in [2.05, 4.69) is 9.97 Å². The molecular weight excluding hydrogens is 426 g/mol. The largest absolute Gasteiger partial charge is 0.486 e. The van der Waals surface area contributed by atoms with Crippen molar-refractivity contribution < 1.29 is 14.3 Å². The van der Waals surface area contributed by atoms with Gasteiger partial charge in [0.1, 0.15) is 17.2 Å². The third kappa shape index (κ3) is 3.20. The molecule has 0 aliphatic carbocycles. The van der Waals surface area contributed by atoms with E-state index in [9.17, 15) is 4.79 Å². The lowest BCUT2D eigenvalue weighted by Crippen LogP contribution is -2.57. The van der Waals surface area contributed by atoms with Crippen molar-refractivity contribution in [2.75, 3.05) is 19.7 Å². The van der Waals surface area contributed by atoms with Crippen molar-refractivity contribution in [3.05, 3.63) is 58.4 Å². The van der Waals surface area contributed by atoms with Gasteiger partial charge in [-0.05, 0) is 56.2 Å². The fourth-order valence-corrected chi connectivity index (χ4v) is 5.95. The van der Waals surface area contributed by atoms with Crippen LogP contribution < -0.4 is 4.74 Å². The van der Waals surface area contributed by atoms with Crippen LogP contribution in [0.25, 0.3) is 11.0 Å². The van der Waals surface area contributed by atoms with Gasteiger partial charge >= 0.3 is 0 Å². The first-order valence-corrected chi connectivity index (χ1v) is 11.8. The lowest BCUT2D eigenvalue weighted by molar-refractivity contribution is -0.147. The van der Waals surface area contributed by atoms with Gasteiger partial charge in [0, 0.05) is 54.6 Å². The van der Waals surface area contributed by atoms with E-state index < -0.39 is 0 Å². The molecule has 3 aliphatic heterocycles. The molecule has 1 N–H and O–H groups in total. The van der Waals surface area contributed by atoms with Gasteiger partial charge in [-0.2, -0.15) is 0 Å². The van der Waals surface area contributed by atoms with Crippen molar-refractivity contribution >= 4 is 28.5 Å². The number of aromatic nitrogens is 2. The third-order valence-corrected chi connectivity index (χ3v) is 7.57. The lowest BCUT2D eigenvalue weighted by atomic mass is 9.70. The summed E-state index contributed by atoms with van der Waals surface area (Å²) in [7, 11) is 0. The molecule has 2 fully saturated rings. The third-order valence-electron chi connectivity index (χ3n) is 7.33. The molecule has 0 unspecified atom stereocenters. The predicted octanol–water partition coefficient (Wildman–Crippen LogP) is 5.06. The summed E-state index contributed by atoms with van der Waals surface area (Å²) in [5, 5.41) is 0.709. The van der Waals surface area contributed by atoms with Gasteiger partial charge in [-0.15, -0.1) is 0 Å². The molecule has 2 saturated heterocycles. The number of hydrogen-bond acceptors (Lipinski definition) is 4. The monoisotopic (exact) mass is 451 g/mol. The van der Waals surface area contributed by atoms with Gasteiger partial charge in [-0.3, -0.25) is 4.79 Å². The van der Waals surface area contributed by atoms with E-state index in [1.807, 2.05) is 48.2 Å². The molecule has 2 atom stereocenters. The second kappa shape index (κ2) is 7.49. The number of ether oxygens (including phenoxy) is 2. The molecule has 4 heterocycles. The molecule has 1 aromatic heterocycles. The Balaban J connectivity index is 1.24. The molecule has 6 nitrogen and oxygen atoms in total. The van der Waals surface area contributed by atoms with Crippen LogP contribution in [0.4, 0.5) is 0 Å². The lowest BCUT2D eigenvalue weighted by Gasteiger charge is -2.53. The highest BCUT2D eigenvalue weighted by molar-refractivity contribution is 6.30. The van der Waals surface area contributed by atoms with Crippen LogP contribution in [0, 0.1) is 12.8 Å². The second-order valence-corrected chi connectivity index (χ2v) is 9.67. The van der Waals surface area contributed by atoms with E-state index in [-0.39, 0.29) is 23.5 Å². The number of piperidine rings is 1. The van der Waals surface area contributed by atoms with Gasteiger partial charge in [0.15, 0.2) is 0 Å². The van der Waals surface area contributed by atoms with Crippen LogP contribution in [-0.2, 0) is 4.74 Å². The van der Waals surface area contributed by atoms with Crippen LogP contribution in [0.5, 0.6) is 5.75 Å². The molecule has 2 aromatic carbocycles. The van der Waals surface area contributed by atoms with Crippen LogP contribution in [-0.4, -0.2) is 46.1 Å². The number of carbonyl (C=O) groups excluding carboxylic acids is 1. The highest BCUT2D eigenvalue weighted by atomic mass is 35.5. The number of nitrogens with zero attached hydrogens (tertiary/aromatic N) is 2. The number of nitrogens with one attached hydrogen (secondary N) is 1. The number of carbonyl (C=O) groups is 1. The highest BCUT2D eigenvalue weighted by Crippen LogP contribution is 2.53. The van der Waals surface area contributed by atoms with E-state index in [4.69, 9.17) is 21.1 Å². The Morgan fingerprint density at radius 1 is 1.22 bits per heavy atom. The van der Waals surface area contributed by atoms with Crippen molar-refractivity contribution in [2.45, 2.75) is 44.3 Å². The van der Waals surface area contributed by atoms with Gasteiger partial charge in [-0.1, -0.05) is 11.6 Å². The van der Waals surface area contributed by atoms with Crippen molar-refractivity contribution in [3.63, 3.8) is 0 Å². The van der Waals surface area contributed by atoms with Gasteiger partial charge in [0.2, 0.25) is 0 Å². The zero-order chi connectivity index (χ0) is 21.9. The standard InChI is InChI=1S/C25H26ClN3O3/c1-15-27-20-6-4-16(13-21(20)28-15)24(30)29-10-8-25(9-11-29)19-3-2-12-31-23(19)18-14-17(26)5-7-22(18)32-25/h4-7,13-14,19,23H,2-3,8-12H2,1H3,(H,27,28)/t19-,23+/m0/s1. The van der Waals surface area contributed by atoms with Crippen molar-refractivity contribution in [1.82, 2.24) is 14.9 Å². The highest BCUT2D eigenvalue weighted by Gasteiger charge is 2.52. The molecule has 0 bridgehead atoms. The Hall–Kier alpha value is -2.57. The normalized spacial score (nSPS) is 24.1. The molecular formula is C25H26ClN3O3. The summed E-state index contributed by atoms with van der Waals surface area (Å²) in [5.41, 5.74) is 3.24. The topological polar surface area (TPSA) is 67.5 Å². The molecule has 1 spiro atoms. The zero-order valence-electron chi connectivity index (χ0n) is 18.1. The number of imidazole rings is 1. The molecule has 6 rings (SSSR count). The first-order chi connectivity index (χ1) is 15.5. The first-order valence-electron chi connectivity index (χ1n) is 11.4. The van der Waals surface area contributed by atoms with E-state index in [1.54, 1.807) is 0 Å². The summed E-state index contributed by atoms with van der Waals surface area (Å²) >= 11 is 6.27. The van der Waals surface area contributed by atoms with E-state index in [0.29, 0.717) is 23.7 Å². The Kier molecular flexibility index (Phi) is 4.70. The average molecular weight is 452 g/mol. The Morgan fingerprint density at radius 2 is 2.06 bits per heavy atom. The Labute approximate surface area is 191 Å². The number of amides is 1. The summed E-state index contributed by atoms with van der Waals surface area (Å²) in [5.74, 6) is 2.07. The SMILES string of the molecule is Cc1nc2ccc(C(=O)N3CCC4(CC3)Oc3ccc(Cl)cc3[C@H]3OCCC[C@@H]34)cc2[nH]1. The molecule has 32 heavy (non-hydrogen) atoms. The van der Waals surface area contributed by atoms with Crippen LogP contribution >= 0.6 is 11.6 Å². The molecule has 1 amide bonds. The minimum Gasteiger partial charge on any atom is -0.486 e. The van der Waals surface area contributed by atoms with Gasteiger partial charge in [0.25, 0.3) is 5.91 Å². The van der Waals surface area contributed by atoms with E-state index in [0.717, 1.165) is 60.5 Å². The summed E-state index contributed by atoms with van der Waals surface area (Å²) in [4.78, 5) is 22.9. The number of benzene rings is 2. The average Bonchev–Trinajstić information content (AvgIpc) is 3.19. The molecule has 166 valence electrons. The molecule has 0 radical (unpaired) electrons. The maximum absolute atomic E-state index is 13.3. The number of hydrogen-bond donors (Lipinski definition) is 1. The number of aromatic amines is 1. The first kappa shape index (κ1) is 20.1. The van der Waals surface area contributed by atoms with Crippen LogP contribution in [0.3, 0.4) is 0 Å². The number of aryl methyl sites for hydroxylation is 1. The summed E-state index contributed by atoms with van der Waals surface area (Å²) in [6, 6.07) is 11.5. The fourth-order valence-electron chi connectivity index (χ4n) is 5.77. The fraction of sp³-hybridized carbons (Fsp3) is 0.440. The van der Waals surface area contributed by atoms with Crippen LogP contribution in [0.1, 0.15) is 53.5 Å². The molecule has 0 saturated carbocycles. The molecule has 3 aromatic rings. The number of likely N-dealkylation sites (tertiary alicyclic amines) is 1.